The molecule has 15 heavy (non-hydrogen) atoms. The number of esters is 1. The fourth-order valence-electron chi connectivity index (χ4n) is 1.25. The van der Waals surface area contributed by atoms with Crippen molar-refractivity contribution in [2.24, 2.45) is 17.6 Å². The summed E-state index contributed by atoms with van der Waals surface area (Å²) < 4.78 is 4.58. The van der Waals surface area contributed by atoms with Crippen LogP contribution < -0.4 is 5.73 Å². The van der Waals surface area contributed by atoms with Gasteiger partial charge in [0.1, 0.15) is 0 Å². The van der Waals surface area contributed by atoms with Gasteiger partial charge in [-0.05, 0) is 0 Å². The van der Waals surface area contributed by atoms with Gasteiger partial charge < -0.3 is 15.4 Å². The van der Waals surface area contributed by atoms with E-state index in [9.17, 15) is 9.59 Å². The second-order valence-electron chi connectivity index (χ2n) is 3.78. The third kappa shape index (κ3) is 4.29. The monoisotopic (exact) mass is 216 g/mol. The lowest BCUT2D eigenvalue weighted by atomic mass is 10.1. The SMILES string of the molecule is COC(=O)C(C)CN(C)C(=O)C(C)CN. The third-order valence-corrected chi connectivity index (χ3v) is 2.30. The fourth-order valence-corrected chi connectivity index (χ4v) is 1.25. The molecular weight excluding hydrogens is 196 g/mol. The van der Waals surface area contributed by atoms with Crippen molar-refractivity contribution in [3.8, 4) is 0 Å². The highest BCUT2D eigenvalue weighted by molar-refractivity contribution is 5.79. The van der Waals surface area contributed by atoms with E-state index in [0.717, 1.165) is 0 Å². The van der Waals surface area contributed by atoms with Gasteiger partial charge in [-0.15, -0.1) is 0 Å². The number of nitrogens with two attached hydrogens (primary N) is 1. The van der Waals surface area contributed by atoms with Crippen LogP contribution in [0.3, 0.4) is 0 Å². The van der Waals surface area contributed by atoms with Crippen LogP contribution in [0.2, 0.25) is 0 Å². The van der Waals surface area contributed by atoms with E-state index in [-0.39, 0.29) is 23.7 Å². The molecule has 5 nitrogen and oxygen atoms in total. The van der Waals surface area contributed by atoms with Crippen LogP contribution >= 0.6 is 0 Å². The highest BCUT2D eigenvalue weighted by atomic mass is 16.5. The predicted octanol–water partition coefficient (Wildman–Crippen LogP) is -0.151. The zero-order chi connectivity index (χ0) is 12.0. The number of amides is 1. The maximum Gasteiger partial charge on any atom is 0.310 e. The van der Waals surface area contributed by atoms with E-state index in [1.165, 1.54) is 12.0 Å². The largest absolute Gasteiger partial charge is 0.469 e. The van der Waals surface area contributed by atoms with Gasteiger partial charge in [0, 0.05) is 26.1 Å². The number of hydrogen-bond donors (Lipinski definition) is 1. The lowest BCUT2D eigenvalue weighted by Crippen LogP contribution is -2.39. The number of methoxy groups -OCH3 is 1. The van der Waals surface area contributed by atoms with Crippen LogP contribution in [0.5, 0.6) is 0 Å². The first-order valence-electron chi connectivity index (χ1n) is 4.96. The summed E-state index contributed by atoms with van der Waals surface area (Å²) >= 11 is 0. The quantitative estimate of drug-likeness (QED) is 0.649. The van der Waals surface area contributed by atoms with Crippen molar-refractivity contribution in [3.05, 3.63) is 0 Å². The molecule has 2 N–H and O–H groups in total. The topological polar surface area (TPSA) is 72.6 Å². The summed E-state index contributed by atoms with van der Waals surface area (Å²) in [7, 11) is 3.00. The molecule has 0 saturated heterocycles. The first-order chi connectivity index (χ1) is 6.93. The van der Waals surface area contributed by atoms with Gasteiger partial charge in [-0.1, -0.05) is 13.8 Å². The van der Waals surface area contributed by atoms with E-state index in [1.54, 1.807) is 20.9 Å². The van der Waals surface area contributed by atoms with Crippen LogP contribution in [0.4, 0.5) is 0 Å². The fraction of sp³-hybridized carbons (Fsp3) is 0.800. The first kappa shape index (κ1) is 13.9. The Morgan fingerprint density at radius 1 is 1.33 bits per heavy atom. The molecule has 0 heterocycles. The van der Waals surface area contributed by atoms with Crippen LogP contribution in [-0.2, 0) is 14.3 Å². The predicted molar refractivity (Wildman–Crippen MR) is 57.0 cm³/mol. The normalized spacial score (nSPS) is 14.2. The van der Waals surface area contributed by atoms with Gasteiger partial charge in [-0.3, -0.25) is 9.59 Å². The molecule has 0 aliphatic carbocycles. The van der Waals surface area contributed by atoms with Gasteiger partial charge >= 0.3 is 5.97 Å². The molecule has 0 aliphatic heterocycles. The molecule has 0 aliphatic rings. The average molecular weight is 216 g/mol. The zero-order valence-corrected chi connectivity index (χ0v) is 9.82. The third-order valence-electron chi connectivity index (χ3n) is 2.30. The molecule has 0 spiro atoms. The van der Waals surface area contributed by atoms with Crippen LogP contribution in [0, 0.1) is 11.8 Å². The van der Waals surface area contributed by atoms with E-state index < -0.39 is 0 Å². The van der Waals surface area contributed by atoms with E-state index in [0.29, 0.717) is 13.1 Å². The highest BCUT2D eigenvalue weighted by Gasteiger charge is 2.21. The molecule has 88 valence electrons. The van der Waals surface area contributed by atoms with Crippen molar-refractivity contribution in [2.45, 2.75) is 13.8 Å². The second kappa shape index (κ2) is 6.40. The number of nitrogens with zero attached hydrogens (tertiary/aromatic N) is 1. The minimum atomic E-state index is -0.311. The van der Waals surface area contributed by atoms with E-state index in [1.807, 2.05) is 0 Å². The van der Waals surface area contributed by atoms with Gasteiger partial charge in [0.25, 0.3) is 0 Å². The van der Waals surface area contributed by atoms with Crippen LogP contribution in [-0.4, -0.2) is 44.0 Å². The Bertz CT molecular complexity index is 231. The lowest BCUT2D eigenvalue weighted by Gasteiger charge is -2.22. The Hall–Kier alpha value is -1.10. The molecule has 0 bridgehead atoms. The molecule has 2 atom stereocenters. The summed E-state index contributed by atoms with van der Waals surface area (Å²) in [6, 6.07) is 0. The molecule has 0 fully saturated rings. The van der Waals surface area contributed by atoms with Gasteiger partial charge in [0.05, 0.1) is 13.0 Å². The van der Waals surface area contributed by atoms with E-state index in [2.05, 4.69) is 4.74 Å². The molecule has 2 unspecified atom stereocenters. The van der Waals surface area contributed by atoms with Crippen molar-refractivity contribution in [1.82, 2.24) is 4.90 Å². The standard InChI is InChI=1S/C10H20N2O3/c1-7(5-11)9(13)12(3)6-8(2)10(14)15-4/h7-8H,5-6,11H2,1-4H3. The number of hydrogen-bond acceptors (Lipinski definition) is 4. The molecule has 0 rings (SSSR count). The summed E-state index contributed by atoms with van der Waals surface area (Å²) in [6.45, 7) is 4.16. The van der Waals surface area contributed by atoms with Crippen molar-refractivity contribution in [1.29, 1.82) is 0 Å². The minimum Gasteiger partial charge on any atom is -0.469 e. The Kier molecular flexibility index (Phi) is 5.93. The van der Waals surface area contributed by atoms with Gasteiger partial charge in [-0.25, -0.2) is 0 Å². The van der Waals surface area contributed by atoms with E-state index >= 15 is 0 Å². The smallest absolute Gasteiger partial charge is 0.310 e. The number of rotatable bonds is 5. The van der Waals surface area contributed by atoms with Crippen LogP contribution in [0.1, 0.15) is 13.8 Å². The molecular formula is C10H20N2O3. The van der Waals surface area contributed by atoms with Crippen molar-refractivity contribution < 1.29 is 14.3 Å². The number of ether oxygens (including phenoxy) is 1. The maximum absolute atomic E-state index is 11.6. The molecule has 0 radical (unpaired) electrons. The molecule has 0 aromatic heterocycles. The van der Waals surface area contributed by atoms with Crippen molar-refractivity contribution in [3.63, 3.8) is 0 Å². The zero-order valence-electron chi connectivity index (χ0n) is 9.82. The van der Waals surface area contributed by atoms with Gasteiger partial charge in [-0.2, -0.15) is 0 Å². The summed E-state index contributed by atoms with van der Waals surface area (Å²) in [5.74, 6) is -0.878. The maximum atomic E-state index is 11.6. The van der Waals surface area contributed by atoms with Crippen LogP contribution in [0.15, 0.2) is 0 Å². The Labute approximate surface area is 90.6 Å². The summed E-state index contributed by atoms with van der Waals surface area (Å²) in [5, 5.41) is 0. The molecule has 0 aromatic rings. The molecule has 5 heteroatoms. The van der Waals surface area contributed by atoms with Gasteiger partial charge in [0.2, 0.25) is 5.91 Å². The lowest BCUT2D eigenvalue weighted by molar-refractivity contribution is -0.146. The number of carbonyl (C=O) groups excluding carboxylic acids is 2. The minimum absolute atomic E-state index is 0.0479. The number of carbonyl (C=O) groups is 2. The van der Waals surface area contributed by atoms with Crippen molar-refractivity contribution in [2.75, 3.05) is 27.2 Å². The van der Waals surface area contributed by atoms with E-state index in [4.69, 9.17) is 5.73 Å². The summed E-state index contributed by atoms with van der Waals surface area (Å²) in [4.78, 5) is 24.3. The first-order valence-corrected chi connectivity index (χ1v) is 4.96. The summed E-state index contributed by atoms with van der Waals surface area (Å²) in [5.41, 5.74) is 5.39. The average Bonchev–Trinajstić information content (AvgIpc) is 2.25. The van der Waals surface area contributed by atoms with Crippen LogP contribution in [0.25, 0.3) is 0 Å². The highest BCUT2D eigenvalue weighted by Crippen LogP contribution is 2.04. The Morgan fingerprint density at radius 3 is 2.27 bits per heavy atom. The van der Waals surface area contributed by atoms with Gasteiger partial charge in [0.15, 0.2) is 0 Å². The second-order valence-corrected chi connectivity index (χ2v) is 3.78. The Morgan fingerprint density at radius 2 is 1.87 bits per heavy atom. The molecule has 0 aromatic carbocycles. The Balaban J connectivity index is 4.18. The van der Waals surface area contributed by atoms with Crippen molar-refractivity contribution >= 4 is 11.9 Å². The summed E-state index contributed by atoms with van der Waals surface area (Å²) in [6.07, 6.45) is 0. The molecule has 0 saturated carbocycles. The molecule has 1 amide bonds.